The molecule has 1 atom stereocenters. The first-order valence-electron chi connectivity index (χ1n) is 11.9. The molecule has 2 heterocycles. The van der Waals surface area contributed by atoms with E-state index >= 15 is 4.39 Å². The van der Waals surface area contributed by atoms with E-state index in [2.05, 4.69) is 5.10 Å². The van der Waals surface area contributed by atoms with Gasteiger partial charge in [-0.25, -0.2) is 15.2 Å². The standard InChI is InChI=1S/C24H24F7N5O3/c25-18-10-15(39-9-1-7-23(26,27)28)4-5-17(18)22(24(29,30)31)11-16(20(21(38)33-22)36(32)13-37)19-6-8-35(34-19)12-14-2-3-14/h4-6,8,10,13-14H,1-3,7,9,11-12,32H2,(H,33,38)/t22-/m0/s1. The highest BCUT2D eigenvalue weighted by Gasteiger charge is 2.61. The Balaban J connectivity index is 1.70. The normalized spacial score (nSPS) is 20.2. The number of nitrogens with one attached hydrogen (secondary N) is 1. The van der Waals surface area contributed by atoms with Crippen molar-refractivity contribution in [1.29, 1.82) is 0 Å². The van der Waals surface area contributed by atoms with Crippen molar-refractivity contribution in [3.63, 3.8) is 0 Å². The molecule has 0 unspecified atom stereocenters. The summed E-state index contributed by atoms with van der Waals surface area (Å²) in [4.78, 5) is 24.4. The molecule has 2 aromatic rings. The Morgan fingerprint density at radius 3 is 2.51 bits per heavy atom. The number of nitrogens with two attached hydrogens (primary N) is 1. The van der Waals surface area contributed by atoms with Gasteiger partial charge in [0.2, 0.25) is 6.41 Å². The molecule has 1 aromatic heterocycles. The molecule has 2 aliphatic rings. The first kappa shape index (κ1) is 28.4. The second kappa shape index (κ2) is 10.5. The van der Waals surface area contributed by atoms with Crippen LogP contribution < -0.4 is 15.9 Å². The van der Waals surface area contributed by atoms with Crippen LogP contribution >= 0.6 is 0 Å². The van der Waals surface area contributed by atoms with Crippen LogP contribution in [0.25, 0.3) is 5.57 Å². The number of aromatic nitrogens is 2. The molecule has 3 N–H and O–H groups in total. The lowest BCUT2D eigenvalue weighted by molar-refractivity contribution is -0.203. The summed E-state index contributed by atoms with van der Waals surface area (Å²) < 4.78 is 103. The molecular weight excluding hydrogens is 539 g/mol. The molecule has 0 spiro atoms. The molecule has 2 amide bonds. The Kier molecular flexibility index (Phi) is 7.65. The highest BCUT2D eigenvalue weighted by Crippen LogP contribution is 2.49. The maximum absolute atomic E-state index is 15.2. The number of halogens is 7. The van der Waals surface area contributed by atoms with Gasteiger partial charge >= 0.3 is 12.4 Å². The number of hydrogen-bond donors (Lipinski definition) is 2. The Hall–Kier alpha value is -3.62. The summed E-state index contributed by atoms with van der Waals surface area (Å²) >= 11 is 0. The second-order valence-electron chi connectivity index (χ2n) is 9.45. The predicted molar refractivity (Wildman–Crippen MR) is 122 cm³/mol. The topological polar surface area (TPSA) is 102 Å². The zero-order valence-corrected chi connectivity index (χ0v) is 20.3. The fraction of sp³-hybridized carbons (Fsp3) is 0.458. The second-order valence-corrected chi connectivity index (χ2v) is 9.45. The number of rotatable bonds is 10. The van der Waals surface area contributed by atoms with Gasteiger partial charge in [0, 0.05) is 42.8 Å². The van der Waals surface area contributed by atoms with Crippen LogP contribution in [-0.4, -0.2) is 46.1 Å². The highest BCUT2D eigenvalue weighted by atomic mass is 19.4. The van der Waals surface area contributed by atoms with Crippen molar-refractivity contribution in [2.45, 2.75) is 56.5 Å². The van der Waals surface area contributed by atoms with E-state index in [4.69, 9.17) is 10.6 Å². The third-order valence-electron chi connectivity index (χ3n) is 6.49. The summed E-state index contributed by atoms with van der Waals surface area (Å²) in [6, 6.07) is 3.70. The molecular formula is C24H24F7N5O3. The number of carbonyl (C=O) groups is 2. The summed E-state index contributed by atoms with van der Waals surface area (Å²) in [7, 11) is 0. The summed E-state index contributed by atoms with van der Waals surface area (Å²) in [5, 5.41) is 6.39. The Labute approximate surface area is 217 Å². The van der Waals surface area contributed by atoms with Gasteiger partial charge in [-0.1, -0.05) is 0 Å². The maximum Gasteiger partial charge on any atom is 0.416 e. The van der Waals surface area contributed by atoms with E-state index in [0.29, 0.717) is 23.5 Å². The fourth-order valence-corrected chi connectivity index (χ4v) is 4.39. The molecule has 15 heteroatoms. The van der Waals surface area contributed by atoms with Crippen LogP contribution in [0.15, 0.2) is 36.2 Å². The van der Waals surface area contributed by atoms with Gasteiger partial charge in [0.15, 0.2) is 5.54 Å². The number of benzene rings is 1. The zero-order valence-electron chi connectivity index (χ0n) is 20.3. The van der Waals surface area contributed by atoms with Gasteiger partial charge in [-0.15, -0.1) is 0 Å². The molecule has 1 fully saturated rings. The van der Waals surface area contributed by atoms with E-state index in [1.165, 1.54) is 16.9 Å². The van der Waals surface area contributed by atoms with Crippen LogP contribution in [0.1, 0.15) is 43.4 Å². The summed E-state index contributed by atoms with van der Waals surface area (Å²) in [6.45, 7) is 0.0650. The number of alkyl halides is 6. The van der Waals surface area contributed by atoms with Crippen molar-refractivity contribution in [1.82, 2.24) is 20.1 Å². The number of ether oxygens (including phenoxy) is 1. The molecule has 0 radical (unpaired) electrons. The fourth-order valence-electron chi connectivity index (χ4n) is 4.39. The number of hydrogen-bond acceptors (Lipinski definition) is 5. The van der Waals surface area contributed by atoms with E-state index in [1.54, 1.807) is 5.32 Å². The Morgan fingerprint density at radius 2 is 1.92 bits per heavy atom. The van der Waals surface area contributed by atoms with Crippen LogP contribution in [0.3, 0.4) is 0 Å². The van der Waals surface area contributed by atoms with E-state index in [0.717, 1.165) is 25.0 Å². The summed E-state index contributed by atoms with van der Waals surface area (Å²) in [5.74, 6) is 2.89. The lowest BCUT2D eigenvalue weighted by atomic mass is 9.78. The maximum atomic E-state index is 15.2. The summed E-state index contributed by atoms with van der Waals surface area (Å²) in [5.41, 5.74) is -5.20. The summed E-state index contributed by atoms with van der Waals surface area (Å²) in [6.07, 6.45) is -8.78. The molecule has 1 aromatic carbocycles. The average Bonchev–Trinajstić information content (AvgIpc) is 3.53. The quantitative estimate of drug-likeness (QED) is 0.113. The van der Waals surface area contributed by atoms with E-state index in [1.807, 2.05) is 0 Å². The van der Waals surface area contributed by atoms with E-state index in [-0.39, 0.29) is 23.4 Å². The lowest BCUT2D eigenvalue weighted by Crippen LogP contribution is -2.60. The van der Waals surface area contributed by atoms with Crippen LogP contribution in [0.5, 0.6) is 5.75 Å². The van der Waals surface area contributed by atoms with Gasteiger partial charge in [0.1, 0.15) is 17.3 Å². The number of amides is 2. The Bertz CT molecular complexity index is 1270. The molecule has 1 aliphatic carbocycles. The van der Waals surface area contributed by atoms with Gasteiger partial charge in [-0.05, 0) is 43.4 Å². The van der Waals surface area contributed by atoms with E-state index in [9.17, 15) is 35.9 Å². The predicted octanol–water partition coefficient (Wildman–Crippen LogP) is 4.17. The van der Waals surface area contributed by atoms with Crippen molar-refractivity contribution >= 4 is 17.9 Å². The van der Waals surface area contributed by atoms with Crippen molar-refractivity contribution in [3.05, 3.63) is 53.2 Å². The van der Waals surface area contributed by atoms with Crippen molar-refractivity contribution < 1.29 is 45.1 Å². The molecule has 1 saturated carbocycles. The van der Waals surface area contributed by atoms with Gasteiger partial charge in [-0.3, -0.25) is 14.3 Å². The van der Waals surface area contributed by atoms with Gasteiger partial charge < -0.3 is 10.1 Å². The van der Waals surface area contributed by atoms with Gasteiger partial charge in [0.25, 0.3) is 5.91 Å². The van der Waals surface area contributed by atoms with Crippen LogP contribution in [0.2, 0.25) is 0 Å². The van der Waals surface area contributed by atoms with Crippen molar-refractivity contribution in [2.24, 2.45) is 11.8 Å². The molecule has 212 valence electrons. The number of nitrogens with zero attached hydrogens (tertiary/aromatic N) is 3. The molecule has 39 heavy (non-hydrogen) atoms. The lowest BCUT2D eigenvalue weighted by Gasteiger charge is -2.41. The largest absolute Gasteiger partial charge is 0.493 e. The zero-order chi connectivity index (χ0) is 28.6. The highest BCUT2D eigenvalue weighted by molar-refractivity contribution is 6.04. The smallest absolute Gasteiger partial charge is 0.416 e. The molecule has 4 rings (SSSR count). The molecule has 1 aliphatic heterocycles. The minimum Gasteiger partial charge on any atom is -0.493 e. The van der Waals surface area contributed by atoms with Gasteiger partial charge in [0.05, 0.1) is 12.3 Å². The van der Waals surface area contributed by atoms with Gasteiger partial charge in [-0.2, -0.15) is 31.4 Å². The van der Waals surface area contributed by atoms with Crippen molar-refractivity contribution in [3.8, 4) is 5.75 Å². The minimum absolute atomic E-state index is 0.0438. The monoisotopic (exact) mass is 563 g/mol. The van der Waals surface area contributed by atoms with Crippen LogP contribution in [0.4, 0.5) is 30.7 Å². The Morgan fingerprint density at radius 1 is 1.21 bits per heavy atom. The van der Waals surface area contributed by atoms with Crippen molar-refractivity contribution in [2.75, 3.05) is 6.61 Å². The van der Waals surface area contributed by atoms with Crippen LogP contribution in [0, 0.1) is 11.7 Å². The third-order valence-corrected chi connectivity index (χ3v) is 6.49. The van der Waals surface area contributed by atoms with E-state index < -0.39 is 66.7 Å². The number of hydrazine groups is 1. The third kappa shape index (κ3) is 6.18. The SMILES string of the molecule is NN(C=O)C1=C(c2ccn(CC3CC3)n2)C[C@](c2ccc(OCCCC(F)(F)F)cc2F)(C(F)(F)F)NC1=O. The van der Waals surface area contributed by atoms with Crippen LogP contribution in [-0.2, 0) is 21.7 Å². The minimum atomic E-state index is -5.24. The molecule has 0 saturated heterocycles. The number of carbonyl (C=O) groups excluding carboxylic acids is 2. The first-order chi connectivity index (χ1) is 18.2. The first-order valence-corrected chi connectivity index (χ1v) is 11.9. The molecule has 0 bridgehead atoms. The average molecular weight is 563 g/mol. The molecule has 8 nitrogen and oxygen atoms in total.